The lowest BCUT2D eigenvalue weighted by molar-refractivity contribution is -0.160. The van der Waals surface area contributed by atoms with Gasteiger partial charge in [-0.25, -0.2) is 9.78 Å². The molecule has 0 aliphatic heterocycles. The number of carboxylic acids is 1. The number of carbonyl (C=O) groups is 1. The van der Waals surface area contributed by atoms with Crippen LogP contribution in [0.15, 0.2) is 42.5 Å². The Morgan fingerprint density at radius 1 is 0.971 bits per heavy atom. The number of aromatic nitrogens is 1. The smallest absolute Gasteiger partial charge is 0.337 e. The van der Waals surface area contributed by atoms with E-state index >= 15 is 0 Å². The Labute approximate surface area is 205 Å². The standard InChI is InChI=1S/C29H31NO5/c1-15-8-10-18(11-9-15)22-16(2)23-20-13-12-19(34-7)14-21(20)27(31)30-25(23)17(3)24(22)26(28(32)33)35-29(4,5)6/h8-14,26H,1-7H3,(H,30,31)(H,32,33)/t26-/m0/s1. The molecular formula is C29H31NO5. The first-order valence-electron chi connectivity index (χ1n) is 11.5. The van der Waals surface area contributed by atoms with Gasteiger partial charge in [-0.1, -0.05) is 29.8 Å². The summed E-state index contributed by atoms with van der Waals surface area (Å²) >= 11 is 0. The first-order chi connectivity index (χ1) is 16.4. The van der Waals surface area contributed by atoms with E-state index in [0.29, 0.717) is 27.8 Å². The van der Waals surface area contributed by atoms with E-state index in [1.807, 2.05) is 77.9 Å². The van der Waals surface area contributed by atoms with E-state index in [0.717, 1.165) is 33.0 Å². The van der Waals surface area contributed by atoms with Crippen LogP contribution in [0.1, 0.15) is 49.1 Å². The van der Waals surface area contributed by atoms with Crippen molar-refractivity contribution in [1.82, 2.24) is 4.98 Å². The highest BCUT2D eigenvalue weighted by atomic mass is 16.5. The first-order valence-corrected chi connectivity index (χ1v) is 11.5. The molecule has 0 radical (unpaired) electrons. The molecule has 6 nitrogen and oxygen atoms in total. The minimum Gasteiger partial charge on any atom is -0.497 e. The van der Waals surface area contributed by atoms with Crippen LogP contribution < -0.4 is 4.74 Å². The van der Waals surface area contributed by atoms with E-state index < -0.39 is 17.7 Å². The molecule has 0 spiro atoms. The largest absolute Gasteiger partial charge is 0.497 e. The van der Waals surface area contributed by atoms with Crippen LogP contribution in [0.2, 0.25) is 0 Å². The van der Waals surface area contributed by atoms with Crippen molar-refractivity contribution in [3.63, 3.8) is 0 Å². The fraction of sp³-hybridized carbons (Fsp3) is 0.310. The lowest BCUT2D eigenvalue weighted by Crippen LogP contribution is -2.28. The molecule has 0 saturated carbocycles. The summed E-state index contributed by atoms with van der Waals surface area (Å²) in [5.41, 5.74) is 4.73. The molecule has 3 aromatic carbocycles. The number of rotatable bonds is 5. The number of aryl methyl sites for hydroxylation is 3. The maximum absolute atomic E-state index is 12.6. The van der Waals surface area contributed by atoms with Crippen molar-refractivity contribution in [3.05, 3.63) is 64.7 Å². The molecule has 4 aromatic rings. The van der Waals surface area contributed by atoms with E-state index in [1.54, 1.807) is 13.2 Å². The topological polar surface area (TPSA) is 88.9 Å². The van der Waals surface area contributed by atoms with Crippen LogP contribution in [-0.4, -0.2) is 33.9 Å². The average Bonchev–Trinajstić information content (AvgIpc) is 2.79. The molecule has 1 aromatic heterocycles. The summed E-state index contributed by atoms with van der Waals surface area (Å²) in [5.74, 6) is -0.598. The normalized spacial score (nSPS) is 12.8. The second-order valence-electron chi connectivity index (χ2n) is 9.92. The van der Waals surface area contributed by atoms with Gasteiger partial charge in [0.2, 0.25) is 5.88 Å². The van der Waals surface area contributed by atoms with Gasteiger partial charge in [0.15, 0.2) is 6.10 Å². The predicted molar refractivity (Wildman–Crippen MR) is 138 cm³/mol. The van der Waals surface area contributed by atoms with Crippen molar-refractivity contribution >= 4 is 27.6 Å². The molecule has 1 heterocycles. The molecule has 0 bridgehead atoms. The zero-order chi connectivity index (χ0) is 25.7. The van der Waals surface area contributed by atoms with Crippen LogP contribution in [0, 0.1) is 20.8 Å². The monoisotopic (exact) mass is 473 g/mol. The number of ether oxygens (including phenoxy) is 2. The van der Waals surface area contributed by atoms with Gasteiger partial charge in [0.05, 0.1) is 18.2 Å². The van der Waals surface area contributed by atoms with Gasteiger partial charge in [-0.05, 0) is 87.4 Å². The molecule has 2 N–H and O–H groups in total. The van der Waals surface area contributed by atoms with Gasteiger partial charge in [-0.15, -0.1) is 0 Å². The minimum atomic E-state index is -1.22. The molecule has 1 atom stereocenters. The molecule has 182 valence electrons. The van der Waals surface area contributed by atoms with Crippen LogP contribution in [-0.2, 0) is 9.53 Å². The van der Waals surface area contributed by atoms with Gasteiger partial charge in [0.25, 0.3) is 0 Å². The summed E-state index contributed by atoms with van der Waals surface area (Å²) < 4.78 is 11.4. The average molecular weight is 474 g/mol. The van der Waals surface area contributed by atoms with Crippen molar-refractivity contribution < 1.29 is 24.5 Å². The van der Waals surface area contributed by atoms with Crippen LogP contribution in [0.5, 0.6) is 11.6 Å². The zero-order valence-corrected chi connectivity index (χ0v) is 21.2. The van der Waals surface area contributed by atoms with Crippen LogP contribution in [0.3, 0.4) is 0 Å². The molecule has 35 heavy (non-hydrogen) atoms. The Morgan fingerprint density at radius 3 is 2.20 bits per heavy atom. The van der Waals surface area contributed by atoms with Crippen molar-refractivity contribution in [3.8, 4) is 22.8 Å². The van der Waals surface area contributed by atoms with Gasteiger partial charge < -0.3 is 19.7 Å². The highest BCUT2D eigenvalue weighted by Gasteiger charge is 2.33. The van der Waals surface area contributed by atoms with Crippen LogP contribution in [0.25, 0.3) is 32.8 Å². The Bertz CT molecular complexity index is 1450. The highest BCUT2D eigenvalue weighted by molar-refractivity contribution is 6.13. The van der Waals surface area contributed by atoms with Crippen molar-refractivity contribution in [2.75, 3.05) is 7.11 Å². The minimum absolute atomic E-state index is 0.133. The van der Waals surface area contributed by atoms with Crippen molar-refractivity contribution in [1.29, 1.82) is 0 Å². The Hall–Kier alpha value is -3.64. The number of aromatic hydroxyl groups is 1. The molecule has 0 fully saturated rings. The third-order valence-electron chi connectivity index (χ3n) is 6.27. The fourth-order valence-electron chi connectivity index (χ4n) is 4.70. The van der Waals surface area contributed by atoms with Gasteiger partial charge in [-0.3, -0.25) is 0 Å². The fourth-order valence-corrected chi connectivity index (χ4v) is 4.70. The van der Waals surface area contributed by atoms with Crippen LogP contribution >= 0.6 is 0 Å². The highest BCUT2D eigenvalue weighted by Crippen LogP contribution is 2.45. The van der Waals surface area contributed by atoms with E-state index in [-0.39, 0.29) is 5.88 Å². The number of hydrogen-bond donors (Lipinski definition) is 2. The number of fused-ring (bicyclic) bond motifs is 3. The second-order valence-corrected chi connectivity index (χ2v) is 9.92. The Kier molecular flexibility index (Phi) is 6.20. The third-order valence-corrected chi connectivity index (χ3v) is 6.27. The molecule has 0 saturated heterocycles. The maximum Gasteiger partial charge on any atom is 0.337 e. The summed E-state index contributed by atoms with van der Waals surface area (Å²) in [5, 5.41) is 23.3. The summed E-state index contributed by atoms with van der Waals surface area (Å²) in [6.07, 6.45) is -1.22. The number of hydrogen-bond acceptors (Lipinski definition) is 5. The predicted octanol–water partition coefficient (Wildman–Crippen LogP) is 6.64. The number of pyridine rings is 1. The summed E-state index contributed by atoms with van der Waals surface area (Å²) in [7, 11) is 1.57. The van der Waals surface area contributed by atoms with Gasteiger partial charge in [0.1, 0.15) is 5.75 Å². The summed E-state index contributed by atoms with van der Waals surface area (Å²) in [6.45, 7) is 11.3. The lowest BCUT2D eigenvalue weighted by Gasteiger charge is -2.29. The van der Waals surface area contributed by atoms with E-state index in [9.17, 15) is 15.0 Å². The SMILES string of the molecule is COc1ccc2c(c1)c(O)nc1c(C)c([C@H](OC(C)(C)C)C(=O)O)c(-c3ccc(C)cc3)c(C)c12. The zero-order valence-electron chi connectivity index (χ0n) is 21.2. The molecule has 0 unspecified atom stereocenters. The summed E-state index contributed by atoms with van der Waals surface area (Å²) in [4.78, 5) is 17.1. The molecule has 0 aliphatic rings. The second kappa shape index (κ2) is 8.86. The first kappa shape index (κ1) is 24.5. The maximum atomic E-state index is 12.6. The van der Waals surface area contributed by atoms with E-state index in [1.165, 1.54) is 0 Å². The Morgan fingerprint density at radius 2 is 1.63 bits per heavy atom. The van der Waals surface area contributed by atoms with Crippen molar-refractivity contribution in [2.45, 2.75) is 53.2 Å². The number of nitrogens with zero attached hydrogens (tertiary/aromatic N) is 1. The molecule has 6 heteroatoms. The van der Waals surface area contributed by atoms with Crippen molar-refractivity contribution in [2.24, 2.45) is 0 Å². The Balaban J connectivity index is 2.20. The van der Waals surface area contributed by atoms with E-state index in [2.05, 4.69) is 4.98 Å². The number of benzene rings is 3. The molecule has 0 amide bonds. The number of methoxy groups -OCH3 is 1. The van der Waals surface area contributed by atoms with Gasteiger partial charge in [0, 0.05) is 16.3 Å². The van der Waals surface area contributed by atoms with E-state index in [4.69, 9.17) is 9.47 Å². The van der Waals surface area contributed by atoms with Gasteiger partial charge in [-0.2, -0.15) is 0 Å². The lowest BCUT2D eigenvalue weighted by atomic mass is 9.84. The molecule has 0 aliphatic carbocycles. The van der Waals surface area contributed by atoms with Gasteiger partial charge >= 0.3 is 5.97 Å². The quantitative estimate of drug-likeness (QED) is 0.316. The summed E-state index contributed by atoms with van der Waals surface area (Å²) in [6, 6.07) is 13.5. The number of carboxylic acid groups (broad SMARTS) is 1. The molecular weight excluding hydrogens is 442 g/mol. The third kappa shape index (κ3) is 4.42. The van der Waals surface area contributed by atoms with Crippen LogP contribution in [0.4, 0.5) is 0 Å². The molecule has 4 rings (SSSR count). The number of aliphatic carboxylic acids is 1.